The van der Waals surface area contributed by atoms with Gasteiger partial charge in [-0.3, -0.25) is 0 Å². The van der Waals surface area contributed by atoms with Crippen LogP contribution in [-0.4, -0.2) is 12.0 Å². The van der Waals surface area contributed by atoms with Crippen LogP contribution < -0.4 is 5.73 Å². The Balaban J connectivity index is 2.73. The molecule has 0 amide bonds. The van der Waals surface area contributed by atoms with Gasteiger partial charge < -0.3 is 5.73 Å². The third-order valence-electron chi connectivity index (χ3n) is 2.51. The van der Waals surface area contributed by atoms with Crippen molar-refractivity contribution in [2.24, 2.45) is 5.73 Å². The molecule has 0 aliphatic rings. The maximum absolute atomic E-state index is 12.5. The van der Waals surface area contributed by atoms with Crippen LogP contribution in [0, 0.1) is 0 Å². The molecule has 0 aromatic heterocycles. The third-order valence-corrected chi connectivity index (χ3v) is 2.51. The molecule has 1 aromatic rings. The van der Waals surface area contributed by atoms with Crippen molar-refractivity contribution < 1.29 is 8.78 Å². The fourth-order valence-electron chi connectivity index (χ4n) is 1.41. The molecule has 0 aliphatic carbocycles. The van der Waals surface area contributed by atoms with Crippen LogP contribution in [0.1, 0.15) is 25.0 Å². The van der Waals surface area contributed by atoms with Gasteiger partial charge in [-0.1, -0.05) is 31.2 Å². The summed E-state index contributed by atoms with van der Waals surface area (Å²) in [6, 6.07) is 7.65. The first-order chi connectivity index (χ1) is 6.95. The zero-order valence-corrected chi connectivity index (χ0v) is 9.13. The number of nitrogens with two attached hydrogens (primary N) is 1. The molecule has 0 bridgehead atoms. The summed E-state index contributed by atoms with van der Waals surface area (Å²) in [4.78, 5) is 0. The first-order valence-corrected chi connectivity index (χ1v) is 5.10. The largest absolute Gasteiger partial charge is 0.320 e. The van der Waals surface area contributed by atoms with Crippen molar-refractivity contribution in [1.29, 1.82) is 0 Å². The van der Waals surface area contributed by atoms with Gasteiger partial charge >= 0.3 is 0 Å². The quantitative estimate of drug-likeness (QED) is 0.817. The maximum atomic E-state index is 12.5. The lowest BCUT2D eigenvalue weighted by Gasteiger charge is -2.23. The molecular formula is C12H17F2N. The van der Waals surface area contributed by atoms with Gasteiger partial charge in [0, 0.05) is 0 Å². The molecule has 0 radical (unpaired) electrons. The number of halogens is 2. The van der Waals surface area contributed by atoms with Gasteiger partial charge in [0.1, 0.15) is 0 Å². The predicted octanol–water partition coefficient (Wildman–Crippen LogP) is 2.77. The minimum Gasteiger partial charge on any atom is -0.320 e. The Bertz CT molecular complexity index is 304. The zero-order valence-electron chi connectivity index (χ0n) is 9.13. The van der Waals surface area contributed by atoms with Gasteiger partial charge in [-0.15, -0.1) is 0 Å². The topological polar surface area (TPSA) is 26.0 Å². The Morgan fingerprint density at radius 3 is 2.07 bits per heavy atom. The highest BCUT2D eigenvalue weighted by molar-refractivity contribution is 5.24. The highest BCUT2D eigenvalue weighted by Gasteiger charge is 2.30. The summed E-state index contributed by atoms with van der Waals surface area (Å²) in [6.07, 6.45) is -1.34. The van der Waals surface area contributed by atoms with Crippen LogP contribution >= 0.6 is 0 Å². The van der Waals surface area contributed by atoms with Crippen molar-refractivity contribution >= 4 is 0 Å². The molecular weight excluding hydrogens is 196 g/mol. The molecule has 0 fully saturated rings. The van der Waals surface area contributed by atoms with E-state index in [1.807, 2.05) is 24.3 Å². The summed E-state index contributed by atoms with van der Waals surface area (Å²) in [7, 11) is 0. The van der Waals surface area contributed by atoms with E-state index in [1.165, 1.54) is 12.5 Å². The molecule has 0 aliphatic heterocycles. The first kappa shape index (κ1) is 12.1. The van der Waals surface area contributed by atoms with Crippen molar-refractivity contribution in [3.63, 3.8) is 0 Å². The van der Waals surface area contributed by atoms with Crippen LogP contribution in [-0.2, 0) is 12.8 Å². The Hall–Kier alpha value is -0.960. The predicted molar refractivity (Wildman–Crippen MR) is 58.1 cm³/mol. The van der Waals surface area contributed by atoms with E-state index in [4.69, 9.17) is 5.73 Å². The van der Waals surface area contributed by atoms with Crippen molar-refractivity contribution in [2.75, 3.05) is 0 Å². The van der Waals surface area contributed by atoms with Crippen molar-refractivity contribution in [2.45, 2.75) is 38.7 Å². The molecule has 1 aromatic carbocycles. The Morgan fingerprint density at radius 2 is 1.67 bits per heavy atom. The van der Waals surface area contributed by atoms with E-state index < -0.39 is 12.0 Å². The molecule has 84 valence electrons. The molecule has 15 heavy (non-hydrogen) atoms. The van der Waals surface area contributed by atoms with E-state index in [0.717, 1.165) is 12.0 Å². The fraction of sp³-hybridized carbons (Fsp3) is 0.500. The van der Waals surface area contributed by atoms with Crippen molar-refractivity contribution in [1.82, 2.24) is 0 Å². The monoisotopic (exact) mass is 213 g/mol. The van der Waals surface area contributed by atoms with Gasteiger partial charge in [-0.2, -0.15) is 0 Å². The highest BCUT2D eigenvalue weighted by atomic mass is 19.3. The summed E-state index contributed by atoms with van der Waals surface area (Å²) >= 11 is 0. The lowest BCUT2D eigenvalue weighted by Crippen LogP contribution is -2.45. The average Bonchev–Trinajstić information content (AvgIpc) is 2.18. The molecule has 2 N–H and O–H groups in total. The van der Waals surface area contributed by atoms with Crippen LogP contribution in [0.4, 0.5) is 8.78 Å². The van der Waals surface area contributed by atoms with Crippen LogP contribution in [0.5, 0.6) is 0 Å². The van der Waals surface area contributed by atoms with E-state index in [0.29, 0.717) is 0 Å². The van der Waals surface area contributed by atoms with E-state index in [-0.39, 0.29) is 6.42 Å². The molecule has 0 saturated carbocycles. The summed E-state index contributed by atoms with van der Waals surface area (Å²) in [5, 5.41) is 0. The van der Waals surface area contributed by atoms with Gasteiger partial charge in [0.05, 0.1) is 5.54 Å². The second-order valence-corrected chi connectivity index (χ2v) is 4.15. The SMILES string of the molecule is CCc1ccc(CC(C)(N)C(F)F)cc1. The number of benzene rings is 1. The summed E-state index contributed by atoms with van der Waals surface area (Å²) in [5.41, 5.74) is 6.14. The van der Waals surface area contributed by atoms with Gasteiger partial charge in [0.25, 0.3) is 6.43 Å². The van der Waals surface area contributed by atoms with E-state index in [2.05, 4.69) is 6.92 Å². The van der Waals surface area contributed by atoms with Crippen molar-refractivity contribution in [3.8, 4) is 0 Å². The molecule has 0 saturated heterocycles. The molecule has 1 rings (SSSR count). The molecule has 0 spiro atoms. The minimum atomic E-state index is -2.50. The molecule has 3 heteroatoms. The maximum Gasteiger partial charge on any atom is 0.256 e. The molecule has 1 nitrogen and oxygen atoms in total. The standard InChI is InChI=1S/C12H17F2N/c1-3-9-4-6-10(7-5-9)8-12(2,15)11(13)14/h4-7,11H,3,8,15H2,1-2H3. The normalized spacial score (nSPS) is 15.3. The zero-order chi connectivity index (χ0) is 11.5. The van der Waals surface area contributed by atoms with Gasteiger partial charge in [0.2, 0.25) is 0 Å². The van der Waals surface area contributed by atoms with E-state index >= 15 is 0 Å². The summed E-state index contributed by atoms with van der Waals surface area (Å²) < 4.78 is 25.0. The van der Waals surface area contributed by atoms with E-state index in [9.17, 15) is 8.78 Å². The molecule has 1 unspecified atom stereocenters. The average molecular weight is 213 g/mol. The van der Waals surface area contributed by atoms with Crippen LogP contribution in [0.3, 0.4) is 0 Å². The summed E-state index contributed by atoms with van der Waals surface area (Å²) in [5.74, 6) is 0. The number of aryl methyl sites for hydroxylation is 1. The fourth-order valence-corrected chi connectivity index (χ4v) is 1.41. The van der Waals surface area contributed by atoms with E-state index in [1.54, 1.807) is 0 Å². The lowest BCUT2D eigenvalue weighted by atomic mass is 9.94. The van der Waals surface area contributed by atoms with Crippen LogP contribution in [0.15, 0.2) is 24.3 Å². The van der Waals surface area contributed by atoms with Gasteiger partial charge in [-0.25, -0.2) is 8.78 Å². The van der Waals surface area contributed by atoms with Crippen LogP contribution in [0.25, 0.3) is 0 Å². The first-order valence-electron chi connectivity index (χ1n) is 5.10. The second kappa shape index (κ2) is 4.71. The minimum absolute atomic E-state index is 0.203. The number of rotatable bonds is 4. The van der Waals surface area contributed by atoms with Crippen LogP contribution in [0.2, 0.25) is 0 Å². The van der Waals surface area contributed by atoms with Crippen molar-refractivity contribution in [3.05, 3.63) is 35.4 Å². The smallest absolute Gasteiger partial charge is 0.256 e. The Kier molecular flexibility index (Phi) is 3.80. The van der Waals surface area contributed by atoms with Gasteiger partial charge in [0.15, 0.2) is 0 Å². The molecule has 1 atom stereocenters. The Labute approximate surface area is 89.3 Å². The lowest BCUT2D eigenvalue weighted by molar-refractivity contribution is 0.0639. The number of hydrogen-bond donors (Lipinski definition) is 1. The van der Waals surface area contributed by atoms with Gasteiger partial charge in [-0.05, 0) is 30.9 Å². The third kappa shape index (κ3) is 3.27. The summed E-state index contributed by atoms with van der Waals surface area (Å²) in [6.45, 7) is 3.44. The molecule has 0 heterocycles. The number of hydrogen-bond acceptors (Lipinski definition) is 1. The highest BCUT2D eigenvalue weighted by Crippen LogP contribution is 2.18. The number of alkyl halides is 2. The Morgan fingerprint density at radius 1 is 1.20 bits per heavy atom. The second-order valence-electron chi connectivity index (χ2n) is 4.15.